The molecule has 0 aromatic carbocycles. The van der Waals surface area contributed by atoms with E-state index in [4.69, 9.17) is 9.15 Å². The number of ether oxygens (including phenoxy) is 1. The van der Waals surface area contributed by atoms with E-state index in [1.54, 1.807) is 6.26 Å². The van der Waals surface area contributed by atoms with E-state index in [1.807, 2.05) is 23.9 Å². The van der Waals surface area contributed by atoms with Gasteiger partial charge in [0.15, 0.2) is 0 Å². The Morgan fingerprint density at radius 1 is 1.56 bits per heavy atom. The van der Waals surface area contributed by atoms with Gasteiger partial charge in [-0.05, 0) is 31.5 Å². The molecule has 0 bridgehead atoms. The van der Waals surface area contributed by atoms with Crippen molar-refractivity contribution in [1.29, 1.82) is 0 Å². The Kier molecular flexibility index (Phi) is 6.11. The van der Waals surface area contributed by atoms with Gasteiger partial charge >= 0.3 is 0 Å². The fourth-order valence-corrected chi connectivity index (χ4v) is 3.37. The average molecular weight is 269 g/mol. The summed E-state index contributed by atoms with van der Waals surface area (Å²) in [6, 6.07) is 4.57. The Balaban J connectivity index is 1.73. The van der Waals surface area contributed by atoms with E-state index in [2.05, 4.69) is 12.2 Å². The molecule has 2 unspecified atom stereocenters. The average Bonchev–Trinajstić information content (AvgIpc) is 3.05. The van der Waals surface area contributed by atoms with Gasteiger partial charge in [-0.1, -0.05) is 6.92 Å². The molecule has 1 fully saturated rings. The number of furan rings is 1. The van der Waals surface area contributed by atoms with Gasteiger partial charge in [0.05, 0.1) is 18.6 Å². The first-order chi connectivity index (χ1) is 8.90. The van der Waals surface area contributed by atoms with Crippen LogP contribution in [-0.2, 0) is 10.5 Å². The third kappa shape index (κ3) is 4.34. The van der Waals surface area contributed by atoms with Crippen LogP contribution in [0.3, 0.4) is 0 Å². The molecule has 102 valence electrons. The zero-order chi connectivity index (χ0) is 12.6. The van der Waals surface area contributed by atoms with Crippen LogP contribution in [0.15, 0.2) is 22.8 Å². The summed E-state index contributed by atoms with van der Waals surface area (Å²) in [6.45, 7) is 5.16. The minimum Gasteiger partial charge on any atom is -0.468 e. The summed E-state index contributed by atoms with van der Waals surface area (Å²) in [5.41, 5.74) is 0. The molecule has 1 aliphatic heterocycles. The van der Waals surface area contributed by atoms with Crippen LogP contribution in [0, 0.1) is 5.92 Å². The van der Waals surface area contributed by atoms with Crippen LogP contribution in [0.5, 0.6) is 0 Å². The third-order valence-corrected chi connectivity index (χ3v) is 4.40. The molecule has 2 atom stereocenters. The molecule has 1 aliphatic rings. The quantitative estimate of drug-likeness (QED) is 0.787. The number of hydrogen-bond acceptors (Lipinski definition) is 4. The Bertz CT molecular complexity index is 310. The van der Waals surface area contributed by atoms with Crippen LogP contribution in [0.2, 0.25) is 0 Å². The number of rotatable bonds is 8. The van der Waals surface area contributed by atoms with Gasteiger partial charge in [-0.3, -0.25) is 0 Å². The summed E-state index contributed by atoms with van der Waals surface area (Å²) in [7, 11) is 0. The molecule has 0 aliphatic carbocycles. The summed E-state index contributed by atoms with van der Waals surface area (Å²) in [5.74, 6) is 3.84. The van der Waals surface area contributed by atoms with E-state index in [-0.39, 0.29) is 0 Å². The molecule has 0 radical (unpaired) electrons. The first-order valence-electron chi connectivity index (χ1n) is 6.81. The van der Waals surface area contributed by atoms with Crippen LogP contribution in [0.1, 0.15) is 25.5 Å². The lowest BCUT2D eigenvalue weighted by molar-refractivity contribution is 0.179. The highest BCUT2D eigenvalue weighted by atomic mass is 32.2. The van der Waals surface area contributed by atoms with Crippen molar-refractivity contribution in [2.75, 3.05) is 25.5 Å². The van der Waals surface area contributed by atoms with Gasteiger partial charge in [0.1, 0.15) is 5.76 Å². The molecule has 0 saturated carbocycles. The predicted octanol–water partition coefficient (Wildman–Crippen LogP) is 2.92. The second-order valence-corrected chi connectivity index (χ2v) is 5.81. The van der Waals surface area contributed by atoms with Crippen LogP contribution in [0.25, 0.3) is 0 Å². The molecule has 18 heavy (non-hydrogen) atoms. The van der Waals surface area contributed by atoms with Crippen molar-refractivity contribution in [2.24, 2.45) is 5.92 Å². The van der Waals surface area contributed by atoms with Crippen LogP contribution < -0.4 is 5.32 Å². The highest BCUT2D eigenvalue weighted by molar-refractivity contribution is 7.98. The van der Waals surface area contributed by atoms with Gasteiger partial charge in [0.2, 0.25) is 0 Å². The summed E-state index contributed by atoms with van der Waals surface area (Å²) in [6.07, 6.45) is 4.13. The maximum atomic E-state index is 5.50. The molecule has 1 aromatic rings. The van der Waals surface area contributed by atoms with Gasteiger partial charge in [-0.15, -0.1) is 0 Å². The largest absolute Gasteiger partial charge is 0.468 e. The monoisotopic (exact) mass is 269 g/mol. The lowest BCUT2D eigenvalue weighted by Gasteiger charge is -2.23. The molecular weight excluding hydrogens is 246 g/mol. The van der Waals surface area contributed by atoms with Gasteiger partial charge in [0.25, 0.3) is 0 Å². The fourth-order valence-electron chi connectivity index (χ4n) is 2.24. The summed E-state index contributed by atoms with van der Waals surface area (Å²) in [4.78, 5) is 0. The van der Waals surface area contributed by atoms with Crippen molar-refractivity contribution in [3.05, 3.63) is 24.2 Å². The summed E-state index contributed by atoms with van der Waals surface area (Å²) < 4.78 is 10.9. The second kappa shape index (κ2) is 7.87. The molecule has 2 rings (SSSR count). The molecule has 3 nitrogen and oxygen atoms in total. The van der Waals surface area contributed by atoms with Crippen molar-refractivity contribution < 1.29 is 9.15 Å². The molecule has 0 spiro atoms. The van der Waals surface area contributed by atoms with Crippen LogP contribution in [-0.4, -0.2) is 31.6 Å². The third-order valence-electron chi connectivity index (χ3n) is 3.31. The topological polar surface area (TPSA) is 34.4 Å². The minimum atomic E-state index is 0.576. The fraction of sp³-hybridized carbons (Fsp3) is 0.714. The smallest absolute Gasteiger partial charge is 0.113 e. The van der Waals surface area contributed by atoms with E-state index in [0.29, 0.717) is 12.0 Å². The Morgan fingerprint density at radius 2 is 2.50 bits per heavy atom. The molecule has 4 heteroatoms. The number of hydrogen-bond donors (Lipinski definition) is 1. The standard InChI is InChI=1S/C14H23NO2S/c1-2-6-15-14(12-5-8-16-9-12)11-18-10-13-4-3-7-17-13/h3-4,7,12,14-15H,2,5-6,8-11H2,1H3. The normalized spacial score (nSPS) is 21.3. The van der Waals surface area contributed by atoms with Crippen molar-refractivity contribution >= 4 is 11.8 Å². The maximum absolute atomic E-state index is 5.50. The van der Waals surface area contributed by atoms with Gasteiger partial charge in [0, 0.05) is 24.3 Å². The van der Waals surface area contributed by atoms with E-state index in [0.717, 1.165) is 37.0 Å². The molecule has 0 amide bonds. The van der Waals surface area contributed by atoms with Gasteiger partial charge in [-0.2, -0.15) is 11.8 Å². The predicted molar refractivity (Wildman–Crippen MR) is 75.9 cm³/mol. The second-order valence-electron chi connectivity index (χ2n) is 4.78. The number of nitrogens with one attached hydrogen (secondary N) is 1. The van der Waals surface area contributed by atoms with Crippen molar-refractivity contribution in [1.82, 2.24) is 5.32 Å². The molecule has 2 heterocycles. The van der Waals surface area contributed by atoms with Crippen molar-refractivity contribution in [3.8, 4) is 0 Å². The Hall–Kier alpha value is -0.450. The van der Waals surface area contributed by atoms with E-state index >= 15 is 0 Å². The first-order valence-corrected chi connectivity index (χ1v) is 7.97. The van der Waals surface area contributed by atoms with Crippen LogP contribution in [0.4, 0.5) is 0 Å². The molecule has 1 saturated heterocycles. The van der Waals surface area contributed by atoms with Crippen molar-refractivity contribution in [2.45, 2.75) is 31.6 Å². The van der Waals surface area contributed by atoms with Crippen molar-refractivity contribution in [3.63, 3.8) is 0 Å². The van der Waals surface area contributed by atoms with E-state index < -0.39 is 0 Å². The SMILES string of the molecule is CCCNC(CSCc1ccco1)C1CCOC1. The Labute approximate surface area is 114 Å². The van der Waals surface area contributed by atoms with Crippen LogP contribution >= 0.6 is 11.8 Å². The summed E-state index contributed by atoms with van der Waals surface area (Å²) >= 11 is 1.94. The highest BCUT2D eigenvalue weighted by Gasteiger charge is 2.25. The minimum absolute atomic E-state index is 0.576. The maximum Gasteiger partial charge on any atom is 0.113 e. The first kappa shape index (κ1) is 14.0. The highest BCUT2D eigenvalue weighted by Crippen LogP contribution is 2.22. The number of thioether (sulfide) groups is 1. The Morgan fingerprint density at radius 3 is 3.17 bits per heavy atom. The summed E-state index contributed by atoms with van der Waals surface area (Å²) in [5, 5.41) is 3.66. The molecule has 1 aromatic heterocycles. The van der Waals surface area contributed by atoms with E-state index in [1.165, 1.54) is 12.8 Å². The van der Waals surface area contributed by atoms with E-state index in [9.17, 15) is 0 Å². The molecule has 1 N–H and O–H groups in total. The zero-order valence-corrected chi connectivity index (χ0v) is 11.9. The lowest BCUT2D eigenvalue weighted by Crippen LogP contribution is -2.39. The van der Waals surface area contributed by atoms with Gasteiger partial charge in [-0.25, -0.2) is 0 Å². The molecular formula is C14H23NO2S. The zero-order valence-electron chi connectivity index (χ0n) is 11.1. The van der Waals surface area contributed by atoms with Gasteiger partial charge < -0.3 is 14.5 Å². The lowest BCUT2D eigenvalue weighted by atomic mass is 10.0.